The zero-order valence-corrected chi connectivity index (χ0v) is 9.93. The molecule has 6 nitrogen and oxygen atoms in total. The lowest BCUT2D eigenvalue weighted by molar-refractivity contribution is -0.124. The minimum absolute atomic E-state index is 0. The number of hydrogen-bond acceptors (Lipinski definition) is 4. The molecule has 1 saturated heterocycles. The Balaban J connectivity index is 0.00000180. The Morgan fingerprint density at radius 3 is 2.42 bits per heavy atom. The summed E-state index contributed by atoms with van der Waals surface area (Å²) < 4.78 is 0. The molecule has 19 heavy (non-hydrogen) atoms. The first kappa shape index (κ1) is 15.2. The van der Waals surface area contributed by atoms with Gasteiger partial charge < -0.3 is 15.6 Å². The Morgan fingerprint density at radius 1 is 1.32 bits per heavy atom. The van der Waals surface area contributed by atoms with Gasteiger partial charge in [-0.1, -0.05) is 37.8 Å². The van der Waals surface area contributed by atoms with Gasteiger partial charge in [-0.3, -0.25) is 10.1 Å². The van der Waals surface area contributed by atoms with E-state index in [0.717, 1.165) is 0 Å². The van der Waals surface area contributed by atoms with E-state index in [1.165, 1.54) is 0 Å². The van der Waals surface area contributed by atoms with Crippen molar-refractivity contribution in [3.8, 4) is 0 Å². The molecule has 0 bridgehead atoms. The van der Waals surface area contributed by atoms with E-state index >= 15 is 0 Å². The van der Waals surface area contributed by atoms with E-state index in [4.69, 9.17) is 0 Å². The van der Waals surface area contributed by atoms with E-state index in [0.29, 0.717) is 5.56 Å². The fourth-order valence-corrected chi connectivity index (χ4v) is 1.94. The van der Waals surface area contributed by atoms with Gasteiger partial charge in [-0.15, -0.1) is 0 Å². The summed E-state index contributed by atoms with van der Waals surface area (Å²) in [6.45, 7) is 1.67. The molecule has 7 heteroatoms. The number of imide groups is 1. The Hall–Kier alpha value is -1.86. The highest BCUT2D eigenvalue weighted by Crippen LogP contribution is 2.24. The van der Waals surface area contributed by atoms with Crippen molar-refractivity contribution in [2.45, 2.75) is 19.8 Å². The molecule has 3 amide bonds. The molecule has 1 aromatic rings. The highest BCUT2D eigenvalue weighted by Gasteiger charge is 2.47. The minimum atomic E-state index is -1.17. The van der Waals surface area contributed by atoms with E-state index in [9.17, 15) is 14.6 Å². The SMILES string of the molecule is C.CB(O)NCC1(c2ccccc2)NC(=O)NC1=O. The van der Waals surface area contributed by atoms with Gasteiger partial charge in [0.25, 0.3) is 5.91 Å². The van der Waals surface area contributed by atoms with Crippen molar-refractivity contribution in [3.05, 3.63) is 35.9 Å². The van der Waals surface area contributed by atoms with Crippen LogP contribution in [-0.4, -0.2) is 30.6 Å². The lowest BCUT2D eigenvalue weighted by atomic mass is 9.83. The Morgan fingerprint density at radius 2 is 1.95 bits per heavy atom. The molecular weight excluding hydrogens is 245 g/mol. The molecule has 1 aliphatic rings. The second-order valence-corrected chi connectivity index (χ2v) is 4.24. The van der Waals surface area contributed by atoms with Crippen LogP contribution in [0.2, 0.25) is 6.82 Å². The average Bonchev–Trinajstić information content (AvgIpc) is 2.64. The van der Waals surface area contributed by atoms with Gasteiger partial charge in [0.1, 0.15) is 0 Å². The number of urea groups is 1. The molecular formula is C12H18BN3O3. The molecule has 0 radical (unpaired) electrons. The summed E-state index contributed by atoms with van der Waals surface area (Å²) in [5, 5.41) is 16.9. The number of amides is 3. The quantitative estimate of drug-likeness (QED) is 0.456. The molecule has 1 aliphatic heterocycles. The largest absolute Gasteiger partial charge is 0.437 e. The molecule has 1 unspecified atom stereocenters. The van der Waals surface area contributed by atoms with Gasteiger partial charge in [0, 0.05) is 6.54 Å². The van der Waals surface area contributed by atoms with Gasteiger partial charge in [-0.05, 0) is 12.4 Å². The van der Waals surface area contributed by atoms with Crippen molar-refractivity contribution in [2.24, 2.45) is 0 Å². The first-order chi connectivity index (χ1) is 8.54. The summed E-state index contributed by atoms with van der Waals surface area (Å²) in [6, 6.07) is 8.39. The number of benzene rings is 1. The number of rotatable bonds is 4. The van der Waals surface area contributed by atoms with Gasteiger partial charge in [-0.2, -0.15) is 0 Å². The summed E-state index contributed by atoms with van der Waals surface area (Å²) >= 11 is 0. The van der Waals surface area contributed by atoms with Gasteiger partial charge in [0.15, 0.2) is 5.54 Å². The fraction of sp³-hybridized carbons (Fsp3) is 0.333. The van der Waals surface area contributed by atoms with Crippen molar-refractivity contribution >= 4 is 19.0 Å². The maximum absolute atomic E-state index is 12.0. The number of carbonyl (C=O) groups is 2. The zero-order chi connectivity index (χ0) is 13.2. The zero-order valence-electron chi connectivity index (χ0n) is 9.93. The van der Waals surface area contributed by atoms with E-state index in [2.05, 4.69) is 15.9 Å². The molecule has 0 spiro atoms. The first-order valence-corrected chi connectivity index (χ1v) is 5.65. The number of carbonyl (C=O) groups excluding carboxylic acids is 2. The third-order valence-electron chi connectivity index (χ3n) is 2.87. The molecule has 1 fully saturated rings. The third kappa shape index (κ3) is 2.94. The van der Waals surface area contributed by atoms with Crippen LogP contribution in [0, 0.1) is 0 Å². The predicted octanol–water partition coefficient (Wildman–Crippen LogP) is 0.0573. The molecule has 102 valence electrons. The van der Waals surface area contributed by atoms with Crippen molar-refractivity contribution in [3.63, 3.8) is 0 Å². The summed E-state index contributed by atoms with van der Waals surface area (Å²) in [6.07, 6.45) is 0. The lowest BCUT2D eigenvalue weighted by Crippen LogP contribution is -2.53. The van der Waals surface area contributed by atoms with Crippen LogP contribution in [0.25, 0.3) is 0 Å². The fourth-order valence-electron chi connectivity index (χ4n) is 1.94. The second-order valence-electron chi connectivity index (χ2n) is 4.24. The predicted molar refractivity (Wildman–Crippen MR) is 73.4 cm³/mol. The van der Waals surface area contributed by atoms with E-state index in [1.807, 2.05) is 6.07 Å². The average molecular weight is 263 g/mol. The van der Waals surface area contributed by atoms with Gasteiger partial charge in [-0.25, -0.2) is 4.79 Å². The highest BCUT2D eigenvalue weighted by atomic mass is 16.2. The molecule has 0 aliphatic carbocycles. The van der Waals surface area contributed by atoms with Crippen molar-refractivity contribution < 1.29 is 14.6 Å². The van der Waals surface area contributed by atoms with Crippen LogP contribution in [0.5, 0.6) is 0 Å². The second kappa shape index (κ2) is 5.86. The molecule has 2 rings (SSSR count). The standard InChI is InChI=1S/C11H14BN3O3.CH4/c1-12(18)13-7-11(8-5-3-2-4-6-8)9(16)14-10(17)15-11;/h2-6,13,18H,7H2,1H3,(H2,14,15,16,17);1H4. The van der Waals surface area contributed by atoms with Crippen molar-refractivity contribution in [1.82, 2.24) is 15.9 Å². The lowest BCUT2D eigenvalue weighted by Gasteiger charge is -2.27. The minimum Gasteiger partial charge on any atom is -0.437 e. The monoisotopic (exact) mass is 263 g/mol. The molecule has 1 aromatic carbocycles. The van der Waals surface area contributed by atoms with Crippen LogP contribution < -0.4 is 15.9 Å². The van der Waals surface area contributed by atoms with Gasteiger partial charge >= 0.3 is 13.1 Å². The first-order valence-electron chi connectivity index (χ1n) is 5.65. The summed E-state index contributed by atoms with van der Waals surface area (Å²) in [7, 11) is -0.768. The van der Waals surface area contributed by atoms with Crippen LogP contribution in [-0.2, 0) is 10.3 Å². The molecule has 1 heterocycles. The highest BCUT2D eigenvalue weighted by molar-refractivity contribution is 6.45. The maximum Gasteiger partial charge on any atom is 0.373 e. The van der Waals surface area contributed by atoms with Crippen LogP contribution in [0.3, 0.4) is 0 Å². The maximum atomic E-state index is 12.0. The van der Waals surface area contributed by atoms with Crippen LogP contribution in [0.1, 0.15) is 13.0 Å². The number of nitrogens with one attached hydrogen (secondary N) is 3. The van der Waals surface area contributed by atoms with Crippen LogP contribution in [0.4, 0.5) is 4.79 Å². The van der Waals surface area contributed by atoms with E-state index < -0.39 is 24.5 Å². The summed E-state index contributed by atoms with van der Waals surface area (Å²) in [5.74, 6) is -0.424. The van der Waals surface area contributed by atoms with Crippen LogP contribution >= 0.6 is 0 Å². The third-order valence-corrected chi connectivity index (χ3v) is 2.87. The van der Waals surface area contributed by atoms with Crippen molar-refractivity contribution in [2.75, 3.05) is 6.54 Å². The van der Waals surface area contributed by atoms with Gasteiger partial charge in [0.05, 0.1) is 0 Å². The molecule has 4 N–H and O–H groups in total. The molecule has 0 saturated carbocycles. The number of hydrogen-bond donors (Lipinski definition) is 4. The Labute approximate surface area is 112 Å². The van der Waals surface area contributed by atoms with E-state index in [1.54, 1.807) is 31.1 Å². The smallest absolute Gasteiger partial charge is 0.373 e. The van der Waals surface area contributed by atoms with Gasteiger partial charge in [0.2, 0.25) is 0 Å². The molecule has 0 aromatic heterocycles. The van der Waals surface area contributed by atoms with Crippen LogP contribution in [0.15, 0.2) is 30.3 Å². The Bertz CT molecular complexity index is 467. The van der Waals surface area contributed by atoms with Crippen molar-refractivity contribution in [1.29, 1.82) is 0 Å². The Kier molecular flexibility index (Phi) is 4.69. The normalized spacial score (nSPS) is 21.4. The topological polar surface area (TPSA) is 90.5 Å². The summed E-state index contributed by atoms with van der Waals surface area (Å²) in [4.78, 5) is 23.4. The van der Waals surface area contributed by atoms with E-state index in [-0.39, 0.29) is 14.0 Å². The summed E-state index contributed by atoms with van der Waals surface area (Å²) in [5.41, 5.74) is -0.503. The molecule has 1 atom stereocenters.